The van der Waals surface area contributed by atoms with Gasteiger partial charge in [0, 0.05) is 12.3 Å². The Morgan fingerprint density at radius 3 is 2.78 bits per heavy atom. The minimum atomic E-state index is -0.487. The lowest BCUT2D eigenvalue weighted by molar-refractivity contribution is -0.389. The van der Waals surface area contributed by atoms with Gasteiger partial charge in [-0.15, -0.1) is 0 Å². The minimum Gasteiger partial charge on any atom is -0.396 e. The first-order chi connectivity index (χ1) is 8.60. The van der Waals surface area contributed by atoms with Crippen molar-refractivity contribution in [2.45, 2.75) is 25.3 Å². The Bertz CT molecular complexity index is 428. The summed E-state index contributed by atoms with van der Waals surface area (Å²) in [7, 11) is 0. The molecule has 1 heterocycles. The van der Waals surface area contributed by atoms with Crippen molar-refractivity contribution in [1.82, 2.24) is 9.97 Å². The van der Waals surface area contributed by atoms with E-state index < -0.39 is 4.92 Å². The summed E-state index contributed by atoms with van der Waals surface area (Å²) in [5.74, 6) is 0.755. The van der Waals surface area contributed by atoms with Crippen LogP contribution in [0.4, 0.5) is 11.6 Å². The molecule has 0 aliphatic heterocycles. The Labute approximate surface area is 109 Å². The maximum absolute atomic E-state index is 11.0. The summed E-state index contributed by atoms with van der Waals surface area (Å²) in [6, 6.07) is 0. The van der Waals surface area contributed by atoms with Crippen molar-refractivity contribution in [3.63, 3.8) is 0 Å². The fraction of sp³-hybridized carbons (Fsp3) is 0.600. The third-order valence-electron chi connectivity index (χ3n) is 2.07. The molecule has 0 aliphatic rings. The average molecular weight is 272 g/mol. The molecule has 0 saturated carbocycles. The van der Waals surface area contributed by atoms with Gasteiger partial charge in [0.1, 0.15) is 5.69 Å². The van der Waals surface area contributed by atoms with E-state index in [1.165, 1.54) is 0 Å². The number of aryl methyl sites for hydroxylation is 1. The minimum absolute atomic E-state index is 0.0530. The van der Waals surface area contributed by atoms with Crippen molar-refractivity contribution in [3.8, 4) is 0 Å². The monoisotopic (exact) mass is 272 g/mol. The van der Waals surface area contributed by atoms with Gasteiger partial charge in [-0.2, -0.15) is 4.98 Å². The molecule has 1 aromatic heterocycles. The fourth-order valence-corrected chi connectivity index (χ4v) is 2.10. The van der Waals surface area contributed by atoms with Crippen LogP contribution in [0.3, 0.4) is 0 Å². The van der Waals surface area contributed by atoms with E-state index in [2.05, 4.69) is 15.3 Å². The van der Waals surface area contributed by atoms with Crippen LogP contribution < -0.4 is 5.32 Å². The number of rotatable bonds is 7. The number of aliphatic hydroxyl groups is 1. The predicted molar refractivity (Wildman–Crippen MR) is 70.0 cm³/mol. The summed E-state index contributed by atoms with van der Waals surface area (Å²) in [4.78, 5) is 18.7. The molecular weight excluding hydrogens is 256 g/mol. The number of thioether (sulfide) groups is 1. The zero-order valence-electron chi connectivity index (χ0n) is 10.3. The van der Waals surface area contributed by atoms with Crippen molar-refractivity contribution >= 4 is 23.4 Å². The van der Waals surface area contributed by atoms with E-state index in [1.807, 2.05) is 6.92 Å². The first-order valence-electron chi connectivity index (χ1n) is 5.60. The van der Waals surface area contributed by atoms with Gasteiger partial charge < -0.3 is 10.4 Å². The molecule has 0 aromatic carbocycles. The molecule has 0 fully saturated rings. The summed E-state index contributed by atoms with van der Waals surface area (Å²) in [5.41, 5.74) is 0.240. The molecule has 0 unspecified atom stereocenters. The molecule has 0 aliphatic carbocycles. The Balaban J connectivity index is 3.06. The molecule has 1 aromatic rings. The lowest BCUT2D eigenvalue weighted by atomic mass is 10.4. The summed E-state index contributed by atoms with van der Waals surface area (Å²) in [5, 5.41) is 23.0. The molecule has 0 saturated heterocycles. The van der Waals surface area contributed by atoms with Gasteiger partial charge in [0.15, 0.2) is 5.03 Å². The number of hydrogen-bond acceptors (Lipinski definition) is 7. The van der Waals surface area contributed by atoms with E-state index >= 15 is 0 Å². The molecule has 0 spiro atoms. The third kappa shape index (κ3) is 3.81. The lowest BCUT2D eigenvalue weighted by Crippen LogP contribution is -2.08. The number of aliphatic hydroxyl groups excluding tert-OH is 1. The molecule has 1 rings (SSSR count). The summed E-state index contributed by atoms with van der Waals surface area (Å²) >= 11 is 1.15. The third-order valence-corrected chi connectivity index (χ3v) is 3.02. The van der Waals surface area contributed by atoms with E-state index in [0.717, 1.165) is 18.2 Å². The largest absolute Gasteiger partial charge is 0.396 e. The number of aromatic nitrogens is 2. The van der Waals surface area contributed by atoms with Gasteiger partial charge in [-0.25, -0.2) is 4.98 Å². The maximum Gasteiger partial charge on any atom is 0.322 e. The zero-order valence-corrected chi connectivity index (χ0v) is 11.2. The van der Waals surface area contributed by atoms with Gasteiger partial charge >= 0.3 is 5.69 Å². The predicted octanol–water partition coefficient (Wildman–Crippen LogP) is 1.60. The molecule has 2 N–H and O–H groups in total. The Morgan fingerprint density at radius 2 is 2.22 bits per heavy atom. The zero-order chi connectivity index (χ0) is 13.5. The molecule has 8 heteroatoms. The van der Waals surface area contributed by atoms with Crippen LogP contribution in [0.15, 0.2) is 5.03 Å². The Kier molecular flexibility index (Phi) is 5.79. The van der Waals surface area contributed by atoms with Crippen molar-refractivity contribution < 1.29 is 10.0 Å². The van der Waals surface area contributed by atoms with Gasteiger partial charge in [-0.05, 0) is 13.3 Å². The Hall–Kier alpha value is -1.41. The van der Waals surface area contributed by atoms with E-state index in [-0.39, 0.29) is 12.3 Å². The van der Waals surface area contributed by atoms with Crippen LogP contribution in [-0.2, 0) is 0 Å². The van der Waals surface area contributed by atoms with Crippen molar-refractivity contribution in [3.05, 3.63) is 15.8 Å². The second-order valence-electron chi connectivity index (χ2n) is 3.54. The first-order valence-corrected chi connectivity index (χ1v) is 6.59. The highest BCUT2D eigenvalue weighted by Crippen LogP contribution is 2.30. The van der Waals surface area contributed by atoms with Crippen LogP contribution in [0, 0.1) is 17.0 Å². The molecule has 7 nitrogen and oxygen atoms in total. The molecule has 0 atom stereocenters. The molecule has 0 bridgehead atoms. The van der Waals surface area contributed by atoms with Gasteiger partial charge in [0.05, 0.1) is 11.5 Å². The van der Waals surface area contributed by atoms with Gasteiger partial charge in [0.2, 0.25) is 5.95 Å². The SMILES string of the molecule is CCCNc1nc(C)c([N+](=O)[O-])c(SCCO)n1. The second-order valence-corrected chi connectivity index (χ2v) is 4.63. The molecule has 100 valence electrons. The standard InChI is InChI=1S/C10H16N4O3S/c1-3-4-11-10-12-7(2)8(14(16)17)9(13-10)18-6-5-15/h15H,3-6H2,1-2H3,(H,11,12,13). The lowest BCUT2D eigenvalue weighted by Gasteiger charge is -2.07. The van der Waals surface area contributed by atoms with E-state index in [1.54, 1.807) is 6.92 Å². The van der Waals surface area contributed by atoms with Crippen molar-refractivity contribution in [2.75, 3.05) is 24.2 Å². The van der Waals surface area contributed by atoms with Crippen molar-refractivity contribution in [1.29, 1.82) is 0 Å². The fourth-order valence-electron chi connectivity index (χ4n) is 1.31. The first kappa shape index (κ1) is 14.7. The van der Waals surface area contributed by atoms with Gasteiger partial charge in [0.25, 0.3) is 0 Å². The van der Waals surface area contributed by atoms with E-state index in [0.29, 0.717) is 29.0 Å². The number of nitro groups is 1. The van der Waals surface area contributed by atoms with Crippen LogP contribution in [0.1, 0.15) is 19.0 Å². The number of anilines is 1. The quantitative estimate of drug-likeness (QED) is 0.336. The van der Waals surface area contributed by atoms with Crippen molar-refractivity contribution in [2.24, 2.45) is 0 Å². The summed E-state index contributed by atoms with van der Waals surface area (Å²) in [6.07, 6.45) is 0.915. The maximum atomic E-state index is 11.0. The summed E-state index contributed by atoms with van der Waals surface area (Å²) < 4.78 is 0. The molecular formula is C10H16N4O3S. The van der Waals surface area contributed by atoms with Crippen LogP contribution in [-0.4, -0.2) is 38.9 Å². The number of nitrogens with zero attached hydrogens (tertiary/aromatic N) is 3. The van der Waals surface area contributed by atoms with Crippen LogP contribution in [0.25, 0.3) is 0 Å². The topological polar surface area (TPSA) is 101 Å². The molecule has 18 heavy (non-hydrogen) atoms. The van der Waals surface area contributed by atoms with Crippen LogP contribution in [0.2, 0.25) is 0 Å². The Morgan fingerprint density at radius 1 is 1.50 bits per heavy atom. The smallest absolute Gasteiger partial charge is 0.322 e. The van der Waals surface area contributed by atoms with E-state index in [4.69, 9.17) is 5.11 Å². The van der Waals surface area contributed by atoms with Crippen LogP contribution >= 0.6 is 11.8 Å². The molecule has 0 amide bonds. The average Bonchev–Trinajstić information content (AvgIpc) is 2.32. The van der Waals surface area contributed by atoms with Crippen LogP contribution in [0.5, 0.6) is 0 Å². The summed E-state index contributed by atoms with van der Waals surface area (Å²) in [6.45, 7) is 4.25. The van der Waals surface area contributed by atoms with E-state index in [9.17, 15) is 10.1 Å². The highest BCUT2D eigenvalue weighted by Gasteiger charge is 2.22. The highest BCUT2D eigenvalue weighted by atomic mass is 32.2. The number of nitrogens with one attached hydrogen (secondary N) is 1. The second kappa shape index (κ2) is 7.12. The number of hydrogen-bond donors (Lipinski definition) is 2. The van der Waals surface area contributed by atoms with Gasteiger partial charge in [-0.3, -0.25) is 10.1 Å². The normalized spacial score (nSPS) is 10.4. The molecule has 0 radical (unpaired) electrons. The van der Waals surface area contributed by atoms with Gasteiger partial charge in [-0.1, -0.05) is 18.7 Å². The highest BCUT2D eigenvalue weighted by molar-refractivity contribution is 7.99.